The van der Waals surface area contributed by atoms with Gasteiger partial charge in [0.15, 0.2) is 11.5 Å². The van der Waals surface area contributed by atoms with Crippen LogP contribution in [0.4, 0.5) is 4.79 Å². The number of rotatable bonds is 2. The van der Waals surface area contributed by atoms with Gasteiger partial charge in [0.25, 0.3) is 0 Å². The Morgan fingerprint density at radius 3 is 2.58 bits per heavy atom. The van der Waals surface area contributed by atoms with Gasteiger partial charge in [-0.2, -0.15) is 0 Å². The fourth-order valence-electron chi connectivity index (χ4n) is 3.57. The highest BCUT2D eigenvalue weighted by atomic mass is 16.6. The minimum atomic E-state index is -0.437. The Kier molecular flexibility index (Phi) is 3.45. The third kappa shape index (κ3) is 2.32. The fourth-order valence-corrected chi connectivity index (χ4v) is 3.57. The van der Waals surface area contributed by atoms with E-state index in [0.29, 0.717) is 16.8 Å². The molecule has 6 heteroatoms. The van der Waals surface area contributed by atoms with E-state index < -0.39 is 11.7 Å². The van der Waals surface area contributed by atoms with Gasteiger partial charge in [0, 0.05) is 34.6 Å². The van der Waals surface area contributed by atoms with E-state index in [1.54, 1.807) is 24.5 Å². The summed E-state index contributed by atoms with van der Waals surface area (Å²) in [5, 5.41) is 11.8. The molecule has 1 aliphatic rings. The number of ether oxygens (including phenoxy) is 2. The number of methoxy groups -OCH3 is 1. The molecule has 0 amide bonds. The van der Waals surface area contributed by atoms with E-state index >= 15 is 0 Å². The molecule has 0 atom stereocenters. The quantitative estimate of drug-likeness (QED) is 0.735. The average Bonchev–Trinajstić information content (AvgIpc) is 3.30. The molecule has 0 unspecified atom stereocenters. The number of aromatic nitrogens is 2. The van der Waals surface area contributed by atoms with Crippen LogP contribution in [-0.4, -0.2) is 33.5 Å². The van der Waals surface area contributed by atoms with Crippen LogP contribution in [0.3, 0.4) is 0 Å². The van der Waals surface area contributed by atoms with Crippen molar-refractivity contribution in [1.82, 2.24) is 9.55 Å². The van der Waals surface area contributed by atoms with E-state index in [-0.39, 0.29) is 11.2 Å². The van der Waals surface area contributed by atoms with E-state index in [2.05, 4.69) is 25.8 Å². The van der Waals surface area contributed by atoms with E-state index in [1.165, 1.54) is 17.7 Å². The molecule has 0 spiro atoms. The molecular formula is C20H22N2O4. The number of phenols is 1. The number of pyridine rings is 1. The van der Waals surface area contributed by atoms with Crippen LogP contribution in [-0.2, 0) is 4.74 Å². The number of carbonyl (C=O) groups is 1. The third-order valence-corrected chi connectivity index (χ3v) is 5.40. The lowest BCUT2D eigenvalue weighted by molar-refractivity contribution is 0.0126. The van der Waals surface area contributed by atoms with Gasteiger partial charge in [0.2, 0.25) is 0 Å². The molecule has 0 saturated heterocycles. The highest BCUT2D eigenvalue weighted by Crippen LogP contribution is 2.53. The first kappa shape index (κ1) is 16.7. The minimum absolute atomic E-state index is 0.0261. The van der Waals surface area contributed by atoms with Crippen LogP contribution in [0.25, 0.3) is 21.8 Å². The van der Waals surface area contributed by atoms with Gasteiger partial charge < -0.3 is 14.6 Å². The first-order valence-corrected chi connectivity index (χ1v) is 8.66. The Morgan fingerprint density at radius 1 is 1.23 bits per heavy atom. The topological polar surface area (TPSA) is 73.6 Å². The molecule has 0 aliphatic heterocycles. The molecule has 1 N–H and O–H groups in total. The fraction of sp³-hybridized carbons (Fsp3) is 0.400. The number of hydrogen-bond acceptors (Lipinski definition) is 5. The number of fused-ring (bicyclic) bond motifs is 3. The molecular weight excluding hydrogens is 332 g/mol. The van der Waals surface area contributed by atoms with Crippen molar-refractivity contribution < 1.29 is 19.4 Å². The lowest BCUT2D eigenvalue weighted by atomic mass is 9.86. The maximum atomic E-state index is 13.1. The maximum absolute atomic E-state index is 13.1. The Balaban J connectivity index is 1.91. The standard InChI is InChI=1S/C20H22N2O4/c1-19(2,3)20(6-7-20)26-18(24)22-14-5-8-21-11-13(14)12-9-17(25-4)16(23)10-15(12)22/h5,8-11,23H,6-7H2,1-4H3. The SMILES string of the molecule is COc1cc2c3cnccc3n(C(=O)OC3(C(C)(C)C)CC3)c2cc1O. The van der Waals surface area contributed by atoms with Crippen molar-refractivity contribution in [3.8, 4) is 11.5 Å². The Hall–Kier alpha value is -2.76. The Bertz CT molecular complexity index is 1030. The molecule has 1 aliphatic carbocycles. The highest BCUT2D eigenvalue weighted by molar-refractivity contribution is 6.13. The Labute approximate surface area is 151 Å². The molecule has 2 aromatic heterocycles. The van der Waals surface area contributed by atoms with Crippen LogP contribution in [0, 0.1) is 5.41 Å². The van der Waals surface area contributed by atoms with Gasteiger partial charge in [-0.1, -0.05) is 20.8 Å². The molecule has 136 valence electrons. The number of nitrogens with zero attached hydrogens (tertiary/aromatic N) is 2. The van der Waals surface area contributed by atoms with E-state index in [0.717, 1.165) is 23.6 Å². The second kappa shape index (κ2) is 5.37. The minimum Gasteiger partial charge on any atom is -0.504 e. The summed E-state index contributed by atoms with van der Waals surface area (Å²) in [6.07, 6.45) is 4.63. The van der Waals surface area contributed by atoms with Crippen molar-refractivity contribution in [2.75, 3.05) is 7.11 Å². The summed E-state index contributed by atoms with van der Waals surface area (Å²) in [5.74, 6) is 0.323. The number of aromatic hydroxyl groups is 1. The largest absolute Gasteiger partial charge is 0.504 e. The molecule has 0 radical (unpaired) electrons. The lowest BCUT2D eigenvalue weighted by Crippen LogP contribution is -2.35. The van der Waals surface area contributed by atoms with Crippen LogP contribution < -0.4 is 4.74 Å². The summed E-state index contributed by atoms with van der Waals surface area (Å²) in [4.78, 5) is 17.3. The predicted octanol–water partition coefficient (Wildman–Crippen LogP) is 4.47. The molecule has 6 nitrogen and oxygen atoms in total. The second-order valence-electron chi connectivity index (χ2n) is 7.88. The molecule has 0 bridgehead atoms. The van der Waals surface area contributed by atoms with E-state index in [1.807, 2.05) is 0 Å². The highest BCUT2D eigenvalue weighted by Gasteiger charge is 2.56. The number of hydrogen-bond donors (Lipinski definition) is 1. The van der Waals surface area contributed by atoms with E-state index in [9.17, 15) is 9.90 Å². The summed E-state index contributed by atoms with van der Waals surface area (Å²) < 4.78 is 12.7. The van der Waals surface area contributed by atoms with Crippen LogP contribution in [0.15, 0.2) is 30.6 Å². The lowest BCUT2D eigenvalue weighted by Gasteiger charge is -2.30. The normalized spacial score (nSPS) is 16.0. The van der Waals surface area contributed by atoms with Crippen molar-refractivity contribution in [2.45, 2.75) is 39.2 Å². The Morgan fingerprint density at radius 2 is 1.96 bits per heavy atom. The molecule has 26 heavy (non-hydrogen) atoms. The van der Waals surface area contributed by atoms with Gasteiger partial charge in [-0.25, -0.2) is 9.36 Å². The maximum Gasteiger partial charge on any atom is 0.419 e. The van der Waals surface area contributed by atoms with Crippen molar-refractivity contribution in [3.63, 3.8) is 0 Å². The van der Waals surface area contributed by atoms with Crippen molar-refractivity contribution in [3.05, 3.63) is 30.6 Å². The molecule has 4 rings (SSSR count). The zero-order valence-corrected chi connectivity index (χ0v) is 15.4. The van der Waals surface area contributed by atoms with Gasteiger partial charge in [-0.15, -0.1) is 0 Å². The van der Waals surface area contributed by atoms with Gasteiger partial charge >= 0.3 is 6.09 Å². The van der Waals surface area contributed by atoms with Gasteiger partial charge in [0.1, 0.15) is 5.60 Å². The van der Waals surface area contributed by atoms with Gasteiger partial charge in [-0.3, -0.25) is 4.98 Å². The molecule has 2 heterocycles. The summed E-state index contributed by atoms with van der Waals surface area (Å²) >= 11 is 0. The monoisotopic (exact) mass is 354 g/mol. The van der Waals surface area contributed by atoms with Crippen molar-refractivity contribution >= 4 is 27.9 Å². The average molecular weight is 354 g/mol. The zero-order chi connectivity index (χ0) is 18.7. The second-order valence-corrected chi connectivity index (χ2v) is 7.88. The number of carbonyl (C=O) groups excluding carboxylic acids is 1. The van der Waals surface area contributed by atoms with Gasteiger partial charge in [0.05, 0.1) is 18.1 Å². The zero-order valence-electron chi connectivity index (χ0n) is 15.4. The number of phenolic OH excluding ortho intramolecular Hbond substituents is 1. The first-order chi connectivity index (χ1) is 12.3. The summed E-state index contributed by atoms with van der Waals surface area (Å²) in [6, 6.07) is 5.03. The van der Waals surface area contributed by atoms with Crippen LogP contribution in [0.2, 0.25) is 0 Å². The summed E-state index contributed by atoms with van der Waals surface area (Å²) in [6.45, 7) is 6.25. The molecule has 1 aromatic carbocycles. The summed E-state index contributed by atoms with van der Waals surface area (Å²) in [7, 11) is 1.49. The van der Waals surface area contributed by atoms with Crippen LogP contribution >= 0.6 is 0 Å². The third-order valence-electron chi connectivity index (χ3n) is 5.40. The smallest absolute Gasteiger partial charge is 0.419 e. The molecule has 1 saturated carbocycles. The summed E-state index contributed by atoms with van der Waals surface area (Å²) in [5.41, 5.74) is 0.696. The van der Waals surface area contributed by atoms with E-state index in [4.69, 9.17) is 9.47 Å². The predicted molar refractivity (Wildman–Crippen MR) is 98.8 cm³/mol. The van der Waals surface area contributed by atoms with Crippen LogP contribution in [0.1, 0.15) is 33.6 Å². The molecule has 3 aromatic rings. The first-order valence-electron chi connectivity index (χ1n) is 8.66. The molecule has 1 fully saturated rings. The number of benzene rings is 1. The van der Waals surface area contributed by atoms with Crippen LogP contribution in [0.5, 0.6) is 11.5 Å². The van der Waals surface area contributed by atoms with Crippen molar-refractivity contribution in [1.29, 1.82) is 0 Å². The van der Waals surface area contributed by atoms with Crippen molar-refractivity contribution in [2.24, 2.45) is 5.41 Å². The van der Waals surface area contributed by atoms with Gasteiger partial charge in [-0.05, 0) is 25.0 Å².